The Labute approximate surface area is 147 Å². The van der Waals surface area contributed by atoms with Gasteiger partial charge in [-0.15, -0.1) is 5.10 Å². The van der Waals surface area contributed by atoms with E-state index in [0.717, 1.165) is 31.7 Å². The minimum absolute atomic E-state index is 0.0217. The number of rotatable bonds is 4. The number of benzene rings is 1. The zero-order valence-electron chi connectivity index (χ0n) is 13.9. The molecule has 140 valence electrons. The molecular weight excluding hydrogens is 349 g/mol. The highest BCUT2D eigenvalue weighted by Gasteiger charge is 2.35. The van der Waals surface area contributed by atoms with Crippen molar-refractivity contribution in [2.75, 3.05) is 11.9 Å². The number of nitrogens with zero attached hydrogens (tertiary/aromatic N) is 1. The van der Waals surface area contributed by atoms with E-state index >= 15 is 0 Å². The minimum Gasteiger partial charge on any atom is -0.388 e. The molecule has 3 atom stereocenters. The summed E-state index contributed by atoms with van der Waals surface area (Å²) >= 11 is 0. The molecule has 2 aromatic rings. The summed E-state index contributed by atoms with van der Waals surface area (Å²) in [5.74, 6) is -0.451. The molecule has 2 saturated heterocycles. The number of hydrogen-bond donors (Lipinski definition) is 3. The molecule has 0 saturated carbocycles. The van der Waals surface area contributed by atoms with Crippen LogP contribution in [0.25, 0.3) is 11.5 Å². The Morgan fingerprint density at radius 3 is 2.58 bits per heavy atom. The van der Waals surface area contributed by atoms with E-state index in [2.05, 4.69) is 20.8 Å². The molecule has 0 amide bonds. The summed E-state index contributed by atoms with van der Waals surface area (Å²) in [5.41, 5.74) is -0.452. The summed E-state index contributed by atoms with van der Waals surface area (Å²) < 4.78 is 44.9. The first-order valence-electron chi connectivity index (χ1n) is 8.65. The van der Waals surface area contributed by atoms with Crippen LogP contribution >= 0.6 is 0 Å². The molecule has 2 aliphatic rings. The molecule has 1 aromatic heterocycles. The fraction of sp³-hybridized carbons (Fsp3) is 0.529. The molecule has 4 rings (SSSR count). The van der Waals surface area contributed by atoms with Crippen LogP contribution in [0.2, 0.25) is 0 Å². The lowest BCUT2D eigenvalue weighted by Crippen LogP contribution is -2.40. The van der Waals surface area contributed by atoms with Crippen molar-refractivity contribution in [1.29, 1.82) is 0 Å². The standard InChI is InChI=1S/C17H19F3N4O2/c18-17(19,20)13-4-1-10(15-23-24-16(25)26-15)7-14(13)21-8-9-5-11-2-3-12(6-9)22-11/h1,4,7,9,11-12,21-22H,2-3,5-6,8H2,(H,24,25)/t9-,11-,12+. The highest BCUT2D eigenvalue weighted by molar-refractivity contribution is 5.65. The average Bonchev–Trinajstić information content (AvgIpc) is 3.17. The van der Waals surface area contributed by atoms with Gasteiger partial charge in [-0.2, -0.15) is 13.2 Å². The minimum atomic E-state index is -4.47. The number of aromatic nitrogens is 2. The molecule has 2 fully saturated rings. The van der Waals surface area contributed by atoms with Crippen LogP contribution in [0.5, 0.6) is 0 Å². The second-order valence-corrected chi connectivity index (χ2v) is 7.03. The van der Waals surface area contributed by atoms with Crippen LogP contribution < -0.4 is 16.4 Å². The fourth-order valence-corrected chi connectivity index (χ4v) is 4.02. The Kier molecular flexibility index (Phi) is 4.26. The largest absolute Gasteiger partial charge is 0.434 e. The maximum Gasteiger partial charge on any atom is 0.434 e. The molecule has 3 N–H and O–H groups in total. The molecular formula is C17H19F3N4O2. The number of anilines is 1. The van der Waals surface area contributed by atoms with E-state index in [9.17, 15) is 18.0 Å². The van der Waals surface area contributed by atoms with E-state index in [1.165, 1.54) is 12.1 Å². The van der Waals surface area contributed by atoms with Gasteiger partial charge in [0, 0.05) is 29.9 Å². The van der Waals surface area contributed by atoms with E-state index in [0.29, 0.717) is 30.1 Å². The Hall–Kier alpha value is -2.29. The van der Waals surface area contributed by atoms with Gasteiger partial charge in [0.15, 0.2) is 0 Å². The van der Waals surface area contributed by atoms with Crippen LogP contribution in [0.15, 0.2) is 27.4 Å². The van der Waals surface area contributed by atoms with Gasteiger partial charge >= 0.3 is 11.9 Å². The lowest BCUT2D eigenvalue weighted by Gasteiger charge is -2.29. The van der Waals surface area contributed by atoms with Crippen LogP contribution in [0.4, 0.5) is 18.9 Å². The average molecular weight is 368 g/mol. The summed E-state index contributed by atoms with van der Waals surface area (Å²) in [5, 5.41) is 12.3. The van der Waals surface area contributed by atoms with E-state index < -0.39 is 17.5 Å². The molecule has 0 aliphatic carbocycles. The smallest absolute Gasteiger partial charge is 0.388 e. The van der Waals surface area contributed by atoms with E-state index in [4.69, 9.17) is 4.42 Å². The van der Waals surface area contributed by atoms with Crippen molar-refractivity contribution in [2.24, 2.45) is 5.92 Å². The van der Waals surface area contributed by atoms with Crippen molar-refractivity contribution < 1.29 is 17.6 Å². The van der Waals surface area contributed by atoms with Crippen LogP contribution in [0, 0.1) is 5.92 Å². The van der Waals surface area contributed by atoms with Crippen molar-refractivity contribution in [3.8, 4) is 11.5 Å². The molecule has 1 aromatic carbocycles. The molecule has 26 heavy (non-hydrogen) atoms. The number of H-pyrrole nitrogens is 1. The van der Waals surface area contributed by atoms with E-state index in [1.807, 2.05) is 0 Å². The van der Waals surface area contributed by atoms with E-state index in [-0.39, 0.29) is 11.6 Å². The quantitative estimate of drug-likeness (QED) is 0.773. The van der Waals surface area contributed by atoms with Gasteiger partial charge in [-0.1, -0.05) is 0 Å². The Bertz CT molecular complexity index is 833. The molecule has 0 unspecified atom stereocenters. The molecule has 9 heteroatoms. The van der Waals surface area contributed by atoms with Crippen molar-refractivity contribution in [3.63, 3.8) is 0 Å². The number of piperidine rings is 1. The fourth-order valence-electron chi connectivity index (χ4n) is 4.02. The van der Waals surface area contributed by atoms with Crippen molar-refractivity contribution >= 4 is 5.69 Å². The summed E-state index contributed by atoms with van der Waals surface area (Å²) in [7, 11) is 0. The summed E-state index contributed by atoms with van der Waals surface area (Å²) in [6.45, 7) is 0.478. The topological polar surface area (TPSA) is 83.0 Å². The predicted octanol–water partition coefficient (Wildman–Crippen LogP) is 2.99. The first kappa shape index (κ1) is 17.1. The molecule has 6 nitrogen and oxygen atoms in total. The Morgan fingerprint density at radius 1 is 1.23 bits per heavy atom. The normalized spacial score (nSPS) is 25.4. The van der Waals surface area contributed by atoms with Gasteiger partial charge in [-0.3, -0.25) is 0 Å². The van der Waals surface area contributed by atoms with Crippen molar-refractivity contribution in [2.45, 2.75) is 43.9 Å². The van der Waals surface area contributed by atoms with Gasteiger partial charge in [-0.05, 0) is 49.8 Å². The summed E-state index contributed by atoms with van der Waals surface area (Å²) in [4.78, 5) is 11.1. The Balaban J connectivity index is 1.56. The van der Waals surface area contributed by atoms with Gasteiger partial charge in [-0.25, -0.2) is 9.89 Å². The van der Waals surface area contributed by atoms with Gasteiger partial charge in [0.05, 0.1) is 5.56 Å². The highest BCUT2D eigenvalue weighted by Crippen LogP contribution is 2.38. The SMILES string of the molecule is O=c1[nH]nc(-c2ccc(C(F)(F)F)c(NC[C@@H]3C[C@H]4CC[C@@H](C3)N4)c2)o1. The molecule has 0 radical (unpaired) electrons. The van der Waals surface area contributed by atoms with E-state index in [1.54, 1.807) is 0 Å². The third-order valence-electron chi connectivity index (χ3n) is 5.16. The van der Waals surface area contributed by atoms with Gasteiger partial charge < -0.3 is 15.1 Å². The van der Waals surface area contributed by atoms with Crippen LogP contribution in [-0.2, 0) is 6.18 Å². The Morgan fingerprint density at radius 2 is 1.96 bits per heavy atom. The molecule has 2 aliphatic heterocycles. The molecule has 2 bridgehead atoms. The van der Waals surface area contributed by atoms with Gasteiger partial charge in [0.1, 0.15) is 0 Å². The third kappa shape index (κ3) is 3.48. The number of fused-ring (bicyclic) bond motifs is 2. The predicted molar refractivity (Wildman–Crippen MR) is 88.7 cm³/mol. The second kappa shape index (κ2) is 6.46. The number of aromatic amines is 1. The van der Waals surface area contributed by atoms with Crippen LogP contribution in [0.3, 0.4) is 0 Å². The maximum atomic E-state index is 13.3. The molecule has 3 heterocycles. The lowest BCUT2D eigenvalue weighted by molar-refractivity contribution is -0.136. The summed E-state index contributed by atoms with van der Waals surface area (Å²) in [6, 6.07) is 4.52. The van der Waals surface area contributed by atoms with Crippen LogP contribution in [-0.4, -0.2) is 28.8 Å². The van der Waals surface area contributed by atoms with Crippen molar-refractivity contribution in [1.82, 2.24) is 15.5 Å². The van der Waals surface area contributed by atoms with Gasteiger partial charge in [0.25, 0.3) is 0 Å². The first-order valence-corrected chi connectivity index (χ1v) is 8.65. The number of nitrogens with one attached hydrogen (secondary N) is 3. The molecule has 0 spiro atoms. The summed E-state index contributed by atoms with van der Waals surface area (Å²) in [6.07, 6.45) is -0.247. The maximum absolute atomic E-state index is 13.3. The lowest BCUT2D eigenvalue weighted by atomic mass is 9.92. The number of hydrogen-bond acceptors (Lipinski definition) is 5. The highest BCUT2D eigenvalue weighted by atomic mass is 19.4. The number of halogens is 3. The first-order chi connectivity index (χ1) is 12.4. The number of alkyl halides is 3. The second-order valence-electron chi connectivity index (χ2n) is 7.03. The van der Waals surface area contributed by atoms with Gasteiger partial charge in [0.2, 0.25) is 5.89 Å². The third-order valence-corrected chi connectivity index (χ3v) is 5.16. The zero-order chi connectivity index (χ0) is 18.3. The monoisotopic (exact) mass is 368 g/mol. The van der Waals surface area contributed by atoms with Crippen LogP contribution in [0.1, 0.15) is 31.2 Å². The zero-order valence-corrected chi connectivity index (χ0v) is 13.9. The van der Waals surface area contributed by atoms with Crippen molar-refractivity contribution in [3.05, 3.63) is 34.3 Å².